The van der Waals surface area contributed by atoms with Gasteiger partial charge in [-0.2, -0.15) is 0 Å². The van der Waals surface area contributed by atoms with E-state index in [1.165, 1.54) is 0 Å². The van der Waals surface area contributed by atoms with Crippen LogP contribution in [0.1, 0.15) is 32.2 Å². The number of aliphatic hydroxyl groups is 1. The Morgan fingerprint density at radius 2 is 1.95 bits per heavy atom. The quantitative estimate of drug-likeness (QED) is 0.919. The predicted octanol–water partition coefficient (Wildman–Crippen LogP) is 3.15. The molecular formula is C14H18ClN3O. The van der Waals surface area contributed by atoms with Gasteiger partial charge < -0.3 is 9.67 Å². The van der Waals surface area contributed by atoms with Gasteiger partial charge in [0.1, 0.15) is 6.61 Å². The Kier molecular flexibility index (Phi) is 3.65. The number of aryl methyl sites for hydroxylation is 1. The first-order chi connectivity index (χ1) is 8.84. The minimum Gasteiger partial charge on any atom is -0.388 e. The fourth-order valence-corrected chi connectivity index (χ4v) is 2.22. The summed E-state index contributed by atoms with van der Waals surface area (Å²) in [4.78, 5) is 0. The Bertz CT molecular complexity index is 599. The first-order valence-electron chi connectivity index (χ1n) is 6.16. The molecule has 0 aliphatic heterocycles. The maximum atomic E-state index is 9.39. The largest absolute Gasteiger partial charge is 0.388 e. The zero-order chi connectivity index (χ0) is 14.2. The molecular weight excluding hydrogens is 262 g/mol. The van der Waals surface area contributed by atoms with Crippen LogP contribution in [0.5, 0.6) is 0 Å². The molecule has 102 valence electrons. The Labute approximate surface area is 118 Å². The van der Waals surface area contributed by atoms with Gasteiger partial charge in [-0.05, 0) is 39.3 Å². The van der Waals surface area contributed by atoms with Crippen LogP contribution in [0.25, 0.3) is 11.4 Å². The first kappa shape index (κ1) is 14.0. The average Bonchev–Trinajstić information content (AvgIpc) is 2.76. The predicted molar refractivity (Wildman–Crippen MR) is 76.1 cm³/mol. The van der Waals surface area contributed by atoms with Crippen molar-refractivity contribution in [3.8, 4) is 11.4 Å². The van der Waals surface area contributed by atoms with Crippen LogP contribution in [0, 0.1) is 6.92 Å². The first-order valence-corrected chi connectivity index (χ1v) is 6.54. The second-order valence-electron chi connectivity index (χ2n) is 5.57. The Morgan fingerprint density at radius 1 is 1.26 bits per heavy atom. The van der Waals surface area contributed by atoms with Crippen molar-refractivity contribution in [1.29, 1.82) is 0 Å². The van der Waals surface area contributed by atoms with Gasteiger partial charge in [0.05, 0.1) is 0 Å². The molecule has 0 bridgehead atoms. The van der Waals surface area contributed by atoms with E-state index in [9.17, 15) is 5.11 Å². The smallest absolute Gasteiger partial charge is 0.164 e. The highest BCUT2D eigenvalue weighted by Gasteiger charge is 2.23. The summed E-state index contributed by atoms with van der Waals surface area (Å²) in [5.41, 5.74) is 1.71. The van der Waals surface area contributed by atoms with Gasteiger partial charge in [-0.1, -0.05) is 23.7 Å². The molecule has 0 saturated carbocycles. The lowest BCUT2D eigenvalue weighted by Gasteiger charge is -2.24. The van der Waals surface area contributed by atoms with Gasteiger partial charge in [-0.3, -0.25) is 0 Å². The van der Waals surface area contributed by atoms with Crippen molar-refractivity contribution in [2.45, 2.75) is 39.8 Å². The second kappa shape index (κ2) is 4.94. The number of aliphatic hydroxyl groups excluding tert-OH is 1. The summed E-state index contributed by atoms with van der Waals surface area (Å²) < 4.78 is 1.94. The summed E-state index contributed by atoms with van der Waals surface area (Å²) in [5.74, 6) is 1.28. The Morgan fingerprint density at radius 3 is 2.47 bits per heavy atom. The molecule has 2 aromatic rings. The topological polar surface area (TPSA) is 50.9 Å². The summed E-state index contributed by atoms with van der Waals surface area (Å²) in [6.07, 6.45) is 0. The molecule has 4 nitrogen and oxygen atoms in total. The summed E-state index contributed by atoms with van der Waals surface area (Å²) in [6.45, 7) is 7.97. The lowest BCUT2D eigenvalue weighted by Crippen LogP contribution is -2.25. The second-order valence-corrected chi connectivity index (χ2v) is 5.98. The minimum absolute atomic E-state index is 0.135. The molecule has 0 aliphatic rings. The molecule has 1 aromatic heterocycles. The lowest BCUT2D eigenvalue weighted by molar-refractivity contribution is 0.250. The van der Waals surface area contributed by atoms with Gasteiger partial charge in [-0.15, -0.1) is 10.2 Å². The molecule has 0 unspecified atom stereocenters. The number of aromatic nitrogens is 3. The number of rotatable bonds is 2. The van der Waals surface area contributed by atoms with E-state index in [1.807, 2.05) is 29.7 Å². The number of halogens is 1. The molecule has 1 aromatic carbocycles. The van der Waals surface area contributed by atoms with Crippen LogP contribution in [0.3, 0.4) is 0 Å². The van der Waals surface area contributed by atoms with Gasteiger partial charge in [0.25, 0.3) is 0 Å². The molecule has 0 fully saturated rings. The maximum Gasteiger partial charge on any atom is 0.164 e. The van der Waals surface area contributed by atoms with Crippen molar-refractivity contribution in [3.05, 3.63) is 34.6 Å². The van der Waals surface area contributed by atoms with Crippen molar-refractivity contribution >= 4 is 11.6 Å². The van der Waals surface area contributed by atoms with Crippen molar-refractivity contribution in [2.75, 3.05) is 0 Å². The molecule has 0 aliphatic carbocycles. The molecule has 5 heteroatoms. The van der Waals surface area contributed by atoms with Crippen molar-refractivity contribution in [1.82, 2.24) is 14.8 Å². The zero-order valence-corrected chi connectivity index (χ0v) is 12.4. The lowest BCUT2D eigenvalue weighted by atomic mass is 10.1. The number of hydrogen-bond acceptors (Lipinski definition) is 3. The molecule has 1 N–H and O–H groups in total. The van der Waals surface area contributed by atoms with Crippen LogP contribution in [-0.4, -0.2) is 19.9 Å². The number of benzene rings is 1. The highest BCUT2D eigenvalue weighted by Crippen LogP contribution is 2.28. The van der Waals surface area contributed by atoms with E-state index in [-0.39, 0.29) is 12.1 Å². The molecule has 19 heavy (non-hydrogen) atoms. The Hall–Kier alpha value is -1.39. The molecule has 0 saturated heterocycles. The third kappa shape index (κ3) is 2.65. The minimum atomic E-state index is -0.214. The summed E-state index contributed by atoms with van der Waals surface area (Å²) >= 11 is 6.16. The van der Waals surface area contributed by atoms with Crippen LogP contribution in [0.15, 0.2) is 18.2 Å². The van der Waals surface area contributed by atoms with E-state index in [1.54, 1.807) is 0 Å². The third-order valence-electron chi connectivity index (χ3n) is 2.97. The standard InChI is InChI=1S/C14H18ClN3O/c1-9-5-6-10(7-11(9)15)13-17-16-12(8-19)18(13)14(2,3)4/h5-7,19H,8H2,1-4H3. The van der Waals surface area contributed by atoms with Crippen molar-refractivity contribution in [3.63, 3.8) is 0 Å². The van der Waals surface area contributed by atoms with Gasteiger partial charge in [-0.25, -0.2) is 0 Å². The van der Waals surface area contributed by atoms with E-state index >= 15 is 0 Å². The number of hydrogen-bond donors (Lipinski definition) is 1. The van der Waals surface area contributed by atoms with E-state index in [0.717, 1.165) is 17.0 Å². The van der Waals surface area contributed by atoms with E-state index < -0.39 is 0 Å². The Balaban J connectivity index is 2.62. The maximum absolute atomic E-state index is 9.39. The summed E-state index contributed by atoms with van der Waals surface area (Å²) in [7, 11) is 0. The zero-order valence-electron chi connectivity index (χ0n) is 11.6. The fraction of sp³-hybridized carbons (Fsp3) is 0.429. The highest BCUT2D eigenvalue weighted by atomic mass is 35.5. The molecule has 0 atom stereocenters. The van der Waals surface area contributed by atoms with Crippen LogP contribution in [-0.2, 0) is 12.1 Å². The highest BCUT2D eigenvalue weighted by molar-refractivity contribution is 6.31. The summed E-state index contributed by atoms with van der Waals surface area (Å²) in [6, 6.07) is 5.80. The summed E-state index contributed by atoms with van der Waals surface area (Å²) in [5, 5.41) is 18.3. The van der Waals surface area contributed by atoms with Crippen LogP contribution in [0.4, 0.5) is 0 Å². The SMILES string of the molecule is Cc1ccc(-c2nnc(CO)n2C(C)(C)C)cc1Cl. The van der Waals surface area contributed by atoms with Crippen LogP contribution < -0.4 is 0 Å². The van der Waals surface area contributed by atoms with Gasteiger partial charge in [0, 0.05) is 16.1 Å². The molecule has 2 rings (SSSR count). The van der Waals surface area contributed by atoms with Crippen molar-refractivity contribution in [2.24, 2.45) is 0 Å². The van der Waals surface area contributed by atoms with E-state index in [4.69, 9.17) is 11.6 Å². The fourth-order valence-electron chi connectivity index (χ4n) is 2.04. The molecule has 0 amide bonds. The van der Waals surface area contributed by atoms with Gasteiger partial charge >= 0.3 is 0 Å². The monoisotopic (exact) mass is 279 g/mol. The molecule has 0 radical (unpaired) electrons. The average molecular weight is 280 g/mol. The van der Waals surface area contributed by atoms with E-state index in [2.05, 4.69) is 31.0 Å². The van der Waals surface area contributed by atoms with E-state index in [0.29, 0.717) is 10.8 Å². The number of nitrogens with zero attached hydrogens (tertiary/aromatic N) is 3. The van der Waals surface area contributed by atoms with Gasteiger partial charge in [0.15, 0.2) is 11.6 Å². The molecule has 0 spiro atoms. The molecule has 1 heterocycles. The normalized spacial score (nSPS) is 11.9. The van der Waals surface area contributed by atoms with Crippen molar-refractivity contribution < 1.29 is 5.11 Å². The van der Waals surface area contributed by atoms with Crippen LogP contribution in [0.2, 0.25) is 5.02 Å². The van der Waals surface area contributed by atoms with Crippen LogP contribution >= 0.6 is 11.6 Å². The third-order valence-corrected chi connectivity index (χ3v) is 3.38. The van der Waals surface area contributed by atoms with Gasteiger partial charge in [0.2, 0.25) is 0 Å².